The van der Waals surface area contributed by atoms with Crippen LogP contribution in [-0.2, 0) is 4.79 Å². The van der Waals surface area contributed by atoms with Crippen LogP contribution < -0.4 is 10.5 Å². The predicted octanol–water partition coefficient (Wildman–Crippen LogP) is 1.89. The van der Waals surface area contributed by atoms with Crippen molar-refractivity contribution < 1.29 is 9.53 Å². The fourth-order valence-electron chi connectivity index (χ4n) is 0.789. The largest absolute Gasteiger partial charge is 0.484 e. The molecule has 14 heavy (non-hydrogen) atoms. The van der Waals surface area contributed by atoms with Gasteiger partial charge in [-0.05, 0) is 19.1 Å². The number of nitrogens with two attached hydrogens (primary N) is 1. The van der Waals surface area contributed by atoms with Crippen molar-refractivity contribution in [1.82, 2.24) is 0 Å². The van der Waals surface area contributed by atoms with Crippen LogP contribution in [0.15, 0.2) is 24.3 Å². The summed E-state index contributed by atoms with van der Waals surface area (Å²) >= 11 is 0. The van der Waals surface area contributed by atoms with Crippen molar-refractivity contribution >= 4 is 5.91 Å². The average Bonchev–Trinajstić information content (AvgIpc) is 2.20. The number of amides is 1. The molecule has 1 aromatic rings. The van der Waals surface area contributed by atoms with Crippen LogP contribution in [0, 0.1) is 6.92 Å². The van der Waals surface area contributed by atoms with Crippen LogP contribution in [0.2, 0.25) is 0 Å². The second-order valence-corrected chi connectivity index (χ2v) is 2.57. The third-order valence-corrected chi connectivity index (χ3v) is 1.40. The Balaban J connectivity index is 0.000000791. The quantitative estimate of drug-likeness (QED) is 0.800. The van der Waals surface area contributed by atoms with Crippen molar-refractivity contribution in [2.45, 2.75) is 20.8 Å². The number of primary amides is 1. The molecule has 0 aromatic heterocycles. The third kappa shape index (κ3) is 5.19. The lowest BCUT2D eigenvalue weighted by molar-refractivity contribution is -0.119. The van der Waals surface area contributed by atoms with Gasteiger partial charge in [-0.2, -0.15) is 0 Å². The van der Waals surface area contributed by atoms with Crippen LogP contribution in [0.3, 0.4) is 0 Å². The van der Waals surface area contributed by atoms with Crippen molar-refractivity contribution in [3.8, 4) is 5.75 Å². The maximum Gasteiger partial charge on any atom is 0.255 e. The van der Waals surface area contributed by atoms with Crippen LogP contribution in [0.4, 0.5) is 0 Å². The molecule has 1 amide bonds. The van der Waals surface area contributed by atoms with Gasteiger partial charge >= 0.3 is 0 Å². The van der Waals surface area contributed by atoms with Crippen molar-refractivity contribution in [3.63, 3.8) is 0 Å². The number of carbonyl (C=O) groups is 1. The zero-order valence-corrected chi connectivity index (χ0v) is 8.91. The van der Waals surface area contributed by atoms with E-state index in [1.54, 1.807) is 12.1 Å². The first-order valence-electron chi connectivity index (χ1n) is 4.66. The molecule has 78 valence electrons. The van der Waals surface area contributed by atoms with E-state index in [1.807, 2.05) is 32.9 Å². The van der Waals surface area contributed by atoms with Gasteiger partial charge in [-0.3, -0.25) is 4.79 Å². The van der Waals surface area contributed by atoms with Gasteiger partial charge in [0, 0.05) is 0 Å². The van der Waals surface area contributed by atoms with E-state index in [4.69, 9.17) is 10.5 Å². The van der Waals surface area contributed by atoms with Gasteiger partial charge in [-0.15, -0.1) is 0 Å². The van der Waals surface area contributed by atoms with Crippen LogP contribution >= 0.6 is 0 Å². The number of benzene rings is 1. The van der Waals surface area contributed by atoms with E-state index in [9.17, 15) is 4.79 Å². The van der Waals surface area contributed by atoms with E-state index in [1.165, 1.54) is 0 Å². The Labute approximate surface area is 84.9 Å². The fourth-order valence-corrected chi connectivity index (χ4v) is 0.789. The molecule has 0 saturated heterocycles. The lowest BCUT2D eigenvalue weighted by atomic mass is 10.2. The number of ether oxygens (including phenoxy) is 1. The molecule has 2 N–H and O–H groups in total. The zero-order valence-electron chi connectivity index (χ0n) is 8.91. The van der Waals surface area contributed by atoms with Gasteiger partial charge < -0.3 is 10.5 Å². The SMILES string of the molecule is CC.Cc1ccc(OCC(N)=O)cc1. The molecule has 3 heteroatoms. The smallest absolute Gasteiger partial charge is 0.255 e. The molecule has 0 aliphatic heterocycles. The third-order valence-electron chi connectivity index (χ3n) is 1.40. The van der Waals surface area contributed by atoms with Gasteiger partial charge in [0.2, 0.25) is 0 Å². The molecule has 0 aliphatic rings. The van der Waals surface area contributed by atoms with E-state index in [-0.39, 0.29) is 6.61 Å². The van der Waals surface area contributed by atoms with Crippen molar-refractivity contribution in [3.05, 3.63) is 29.8 Å². The van der Waals surface area contributed by atoms with Crippen molar-refractivity contribution in [1.29, 1.82) is 0 Å². The molecule has 0 fully saturated rings. The maximum atomic E-state index is 10.3. The summed E-state index contributed by atoms with van der Waals surface area (Å²) in [6.07, 6.45) is 0. The number of hydrogen-bond donors (Lipinski definition) is 1. The number of rotatable bonds is 3. The van der Waals surface area contributed by atoms with Gasteiger partial charge in [0.1, 0.15) is 5.75 Å². The van der Waals surface area contributed by atoms with Gasteiger partial charge in [-0.1, -0.05) is 31.5 Å². The summed E-state index contributed by atoms with van der Waals surface area (Å²) in [6, 6.07) is 7.43. The molecule has 0 radical (unpaired) electrons. The zero-order chi connectivity index (χ0) is 11.0. The van der Waals surface area contributed by atoms with Crippen molar-refractivity contribution in [2.75, 3.05) is 6.61 Å². The molecule has 0 spiro atoms. The van der Waals surface area contributed by atoms with E-state index in [2.05, 4.69) is 0 Å². The molecule has 0 bridgehead atoms. The summed E-state index contributed by atoms with van der Waals surface area (Å²) < 4.78 is 5.05. The Morgan fingerprint density at radius 2 is 1.79 bits per heavy atom. The second kappa shape index (κ2) is 6.95. The van der Waals surface area contributed by atoms with Crippen LogP contribution in [0.25, 0.3) is 0 Å². The number of carbonyl (C=O) groups excluding carboxylic acids is 1. The highest BCUT2D eigenvalue weighted by Gasteiger charge is 1.95. The molecule has 3 nitrogen and oxygen atoms in total. The first-order valence-corrected chi connectivity index (χ1v) is 4.66. The highest BCUT2D eigenvalue weighted by Crippen LogP contribution is 2.10. The highest BCUT2D eigenvalue weighted by molar-refractivity contribution is 5.75. The molecule has 0 saturated carbocycles. The predicted molar refractivity (Wildman–Crippen MR) is 57.2 cm³/mol. The van der Waals surface area contributed by atoms with E-state index >= 15 is 0 Å². The Morgan fingerprint density at radius 3 is 2.21 bits per heavy atom. The summed E-state index contributed by atoms with van der Waals surface area (Å²) in [6.45, 7) is 5.92. The van der Waals surface area contributed by atoms with Gasteiger partial charge in [-0.25, -0.2) is 0 Å². The molecule has 0 atom stereocenters. The van der Waals surface area contributed by atoms with Crippen LogP contribution in [0.5, 0.6) is 5.75 Å². The maximum absolute atomic E-state index is 10.3. The highest BCUT2D eigenvalue weighted by atomic mass is 16.5. The summed E-state index contributed by atoms with van der Waals surface area (Å²) in [5.41, 5.74) is 6.06. The normalized spacial score (nSPS) is 8.50. The van der Waals surface area contributed by atoms with E-state index < -0.39 is 5.91 Å². The van der Waals surface area contributed by atoms with Crippen LogP contribution in [-0.4, -0.2) is 12.5 Å². The lowest BCUT2D eigenvalue weighted by Gasteiger charge is -2.02. The monoisotopic (exact) mass is 195 g/mol. The van der Waals surface area contributed by atoms with E-state index in [0.717, 1.165) is 5.56 Å². The fraction of sp³-hybridized carbons (Fsp3) is 0.364. The molecule has 1 rings (SSSR count). The number of hydrogen-bond acceptors (Lipinski definition) is 2. The lowest BCUT2D eigenvalue weighted by Crippen LogP contribution is -2.19. The molecule has 0 heterocycles. The Morgan fingerprint density at radius 1 is 1.29 bits per heavy atom. The minimum atomic E-state index is -0.462. The first kappa shape index (κ1) is 12.5. The first-order chi connectivity index (χ1) is 6.68. The second-order valence-electron chi connectivity index (χ2n) is 2.57. The molecule has 1 aromatic carbocycles. The minimum absolute atomic E-state index is 0.0664. The average molecular weight is 195 g/mol. The van der Waals surface area contributed by atoms with Gasteiger partial charge in [0.15, 0.2) is 6.61 Å². The summed E-state index contributed by atoms with van der Waals surface area (Å²) in [7, 11) is 0. The van der Waals surface area contributed by atoms with Crippen LogP contribution in [0.1, 0.15) is 19.4 Å². The Hall–Kier alpha value is -1.51. The molecular weight excluding hydrogens is 178 g/mol. The summed E-state index contributed by atoms with van der Waals surface area (Å²) in [4.78, 5) is 10.3. The summed E-state index contributed by atoms with van der Waals surface area (Å²) in [5, 5.41) is 0. The van der Waals surface area contributed by atoms with Crippen molar-refractivity contribution in [2.24, 2.45) is 5.73 Å². The molecule has 0 unspecified atom stereocenters. The standard InChI is InChI=1S/C9H11NO2.C2H6/c1-7-2-4-8(5-3-7)12-6-9(10)11;1-2/h2-5H,6H2,1H3,(H2,10,11);1-2H3. The Bertz CT molecular complexity index is 267. The van der Waals surface area contributed by atoms with E-state index in [0.29, 0.717) is 5.75 Å². The van der Waals surface area contributed by atoms with Gasteiger partial charge in [0.05, 0.1) is 0 Å². The number of aryl methyl sites for hydroxylation is 1. The molecular formula is C11H17NO2. The topological polar surface area (TPSA) is 52.3 Å². The minimum Gasteiger partial charge on any atom is -0.484 e. The van der Waals surface area contributed by atoms with Gasteiger partial charge in [0.25, 0.3) is 5.91 Å². The summed E-state index contributed by atoms with van der Waals surface area (Å²) in [5.74, 6) is 0.204. The molecule has 0 aliphatic carbocycles. The Kier molecular flexibility index (Phi) is 6.20.